The second-order valence-electron chi connectivity index (χ2n) is 5.01. The number of nitrogens with one attached hydrogen (secondary N) is 1. The van der Waals surface area contributed by atoms with Gasteiger partial charge in [-0.1, -0.05) is 11.6 Å². The highest BCUT2D eigenvalue weighted by Crippen LogP contribution is 2.25. The number of benzene rings is 1. The van der Waals surface area contributed by atoms with Crippen LogP contribution in [0.15, 0.2) is 29.6 Å². The molecule has 0 unspecified atom stereocenters. The second-order valence-corrected chi connectivity index (χ2v) is 6.34. The van der Waals surface area contributed by atoms with Gasteiger partial charge in [-0.2, -0.15) is 0 Å². The van der Waals surface area contributed by atoms with Crippen molar-refractivity contribution < 1.29 is 28.2 Å². The minimum atomic E-state index is -1.14. The van der Waals surface area contributed by atoms with Gasteiger partial charge in [0.15, 0.2) is 12.7 Å². The molecule has 0 aliphatic carbocycles. The third-order valence-electron chi connectivity index (χ3n) is 3.08. The Morgan fingerprint density at radius 2 is 2.08 bits per heavy atom. The molecular formula is C16H14ClFN2O5S. The van der Waals surface area contributed by atoms with E-state index in [1.807, 2.05) is 0 Å². The van der Waals surface area contributed by atoms with Crippen LogP contribution in [0.1, 0.15) is 17.3 Å². The molecule has 0 aliphatic heterocycles. The third-order valence-corrected chi connectivity index (χ3v) is 4.21. The Kier molecular flexibility index (Phi) is 6.53. The van der Waals surface area contributed by atoms with Gasteiger partial charge >= 0.3 is 5.97 Å². The molecule has 1 atom stereocenters. The average molecular weight is 401 g/mol. The van der Waals surface area contributed by atoms with Crippen LogP contribution in [0, 0.1) is 5.82 Å². The van der Waals surface area contributed by atoms with E-state index >= 15 is 0 Å². The Morgan fingerprint density at radius 1 is 1.35 bits per heavy atom. The topological polar surface area (TPSA) is 108 Å². The van der Waals surface area contributed by atoms with Crippen LogP contribution in [0.4, 0.5) is 9.39 Å². The number of thiophene rings is 1. The molecule has 1 aromatic carbocycles. The first-order chi connectivity index (χ1) is 12.3. The molecule has 0 spiro atoms. The first kappa shape index (κ1) is 19.7. The first-order valence-corrected chi connectivity index (χ1v) is 8.49. The molecule has 2 aromatic rings. The first-order valence-electron chi connectivity index (χ1n) is 7.23. The molecular weight excluding hydrogens is 387 g/mol. The molecule has 2 amide bonds. The van der Waals surface area contributed by atoms with Crippen molar-refractivity contribution in [1.82, 2.24) is 0 Å². The summed E-state index contributed by atoms with van der Waals surface area (Å²) in [4.78, 5) is 35.0. The van der Waals surface area contributed by atoms with Crippen molar-refractivity contribution in [2.75, 3.05) is 11.9 Å². The highest BCUT2D eigenvalue weighted by Gasteiger charge is 2.21. The van der Waals surface area contributed by atoms with Crippen LogP contribution in [0.2, 0.25) is 5.02 Å². The number of amides is 2. The average Bonchev–Trinajstić information content (AvgIpc) is 3.02. The Morgan fingerprint density at radius 3 is 2.73 bits per heavy atom. The summed E-state index contributed by atoms with van der Waals surface area (Å²) in [7, 11) is 0. The van der Waals surface area contributed by atoms with E-state index < -0.39 is 36.3 Å². The monoisotopic (exact) mass is 400 g/mol. The lowest BCUT2D eigenvalue weighted by Crippen LogP contribution is -2.32. The molecule has 2 rings (SSSR count). The summed E-state index contributed by atoms with van der Waals surface area (Å²) in [6.07, 6.45) is -1.14. The molecule has 0 saturated carbocycles. The van der Waals surface area contributed by atoms with E-state index in [0.29, 0.717) is 0 Å². The van der Waals surface area contributed by atoms with E-state index in [9.17, 15) is 18.8 Å². The van der Waals surface area contributed by atoms with Crippen LogP contribution in [0.5, 0.6) is 5.75 Å². The number of nitrogens with two attached hydrogens (primary N) is 1. The summed E-state index contributed by atoms with van der Waals surface area (Å²) in [5.41, 5.74) is 5.35. The summed E-state index contributed by atoms with van der Waals surface area (Å²) < 4.78 is 23.0. The molecule has 0 aliphatic rings. The highest BCUT2D eigenvalue weighted by atomic mass is 35.5. The minimum Gasteiger partial charge on any atom is -0.480 e. The largest absolute Gasteiger partial charge is 0.480 e. The summed E-state index contributed by atoms with van der Waals surface area (Å²) in [5, 5.41) is 4.32. The van der Waals surface area contributed by atoms with Gasteiger partial charge in [0.25, 0.3) is 11.8 Å². The summed E-state index contributed by atoms with van der Waals surface area (Å²) >= 11 is 6.88. The van der Waals surface area contributed by atoms with Crippen LogP contribution in [0.3, 0.4) is 0 Å². The van der Waals surface area contributed by atoms with E-state index in [2.05, 4.69) is 5.32 Å². The number of halogens is 2. The summed E-state index contributed by atoms with van der Waals surface area (Å²) in [5.74, 6) is -2.58. The zero-order valence-corrected chi connectivity index (χ0v) is 15.0. The number of ether oxygens (including phenoxy) is 2. The van der Waals surface area contributed by atoms with Crippen LogP contribution in [-0.4, -0.2) is 30.5 Å². The molecule has 1 heterocycles. The molecule has 0 saturated heterocycles. The second kappa shape index (κ2) is 8.63. The Bertz CT molecular complexity index is 842. The van der Waals surface area contributed by atoms with Crippen molar-refractivity contribution in [3.63, 3.8) is 0 Å². The van der Waals surface area contributed by atoms with E-state index in [0.717, 1.165) is 23.5 Å². The lowest BCUT2D eigenvalue weighted by molar-refractivity contribution is -0.155. The normalized spacial score (nSPS) is 11.5. The number of esters is 1. The van der Waals surface area contributed by atoms with Gasteiger partial charge in [0.05, 0.1) is 10.6 Å². The molecule has 10 heteroatoms. The van der Waals surface area contributed by atoms with Crippen LogP contribution >= 0.6 is 22.9 Å². The van der Waals surface area contributed by atoms with Crippen molar-refractivity contribution in [3.05, 3.63) is 46.0 Å². The van der Waals surface area contributed by atoms with E-state index in [4.69, 9.17) is 26.8 Å². The summed E-state index contributed by atoms with van der Waals surface area (Å²) in [6, 6.07) is 4.90. The van der Waals surface area contributed by atoms with Crippen molar-refractivity contribution in [1.29, 1.82) is 0 Å². The van der Waals surface area contributed by atoms with Gasteiger partial charge in [-0.3, -0.25) is 9.59 Å². The van der Waals surface area contributed by atoms with Gasteiger partial charge in [0.1, 0.15) is 16.6 Å². The number of hydrogen-bond acceptors (Lipinski definition) is 6. The SMILES string of the molecule is C[C@@H](OC(=O)COc1ccc(F)cc1Cl)C(=O)Nc1sccc1C(N)=O. The molecule has 0 bridgehead atoms. The minimum absolute atomic E-state index is 0.000248. The number of rotatable bonds is 7. The smallest absolute Gasteiger partial charge is 0.344 e. The maximum absolute atomic E-state index is 12.9. The maximum atomic E-state index is 12.9. The molecule has 1 aromatic heterocycles. The zero-order chi connectivity index (χ0) is 19.3. The van der Waals surface area contributed by atoms with E-state index in [1.165, 1.54) is 19.1 Å². The Balaban J connectivity index is 1.86. The van der Waals surface area contributed by atoms with Gasteiger partial charge < -0.3 is 20.5 Å². The van der Waals surface area contributed by atoms with Gasteiger partial charge in [0, 0.05) is 0 Å². The number of carbonyl (C=O) groups excluding carboxylic acids is 3. The molecule has 0 fully saturated rings. The molecule has 138 valence electrons. The predicted octanol–water partition coefficient (Wildman–Crippen LogP) is 2.59. The standard InChI is InChI=1S/C16H14ClFN2O5S/c1-8(15(23)20-16-10(14(19)22)4-5-26-16)25-13(21)7-24-12-3-2-9(18)6-11(12)17/h2-6,8H,7H2,1H3,(H2,19,22)(H,20,23)/t8-/m1/s1. The Hall–Kier alpha value is -2.65. The summed E-state index contributed by atoms with van der Waals surface area (Å²) in [6.45, 7) is 0.837. The third kappa shape index (κ3) is 5.17. The van der Waals surface area contributed by atoms with E-state index in [1.54, 1.807) is 5.38 Å². The fourth-order valence-electron chi connectivity index (χ4n) is 1.83. The van der Waals surface area contributed by atoms with Crippen LogP contribution in [-0.2, 0) is 14.3 Å². The van der Waals surface area contributed by atoms with Gasteiger partial charge in [0.2, 0.25) is 0 Å². The number of carbonyl (C=O) groups is 3. The van der Waals surface area contributed by atoms with Crippen LogP contribution in [0.25, 0.3) is 0 Å². The highest BCUT2D eigenvalue weighted by molar-refractivity contribution is 7.14. The lowest BCUT2D eigenvalue weighted by Gasteiger charge is -2.14. The van der Waals surface area contributed by atoms with Crippen molar-refractivity contribution >= 4 is 45.7 Å². The molecule has 26 heavy (non-hydrogen) atoms. The maximum Gasteiger partial charge on any atom is 0.344 e. The number of hydrogen-bond donors (Lipinski definition) is 2. The van der Waals surface area contributed by atoms with Gasteiger partial charge in [-0.25, -0.2) is 9.18 Å². The number of anilines is 1. The van der Waals surface area contributed by atoms with Crippen molar-refractivity contribution in [2.24, 2.45) is 5.73 Å². The fourth-order valence-corrected chi connectivity index (χ4v) is 2.84. The molecule has 0 radical (unpaired) electrons. The van der Waals surface area contributed by atoms with E-state index in [-0.39, 0.29) is 21.3 Å². The Labute approximate surface area is 156 Å². The fraction of sp³-hybridized carbons (Fsp3) is 0.188. The zero-order valence-electron chi connectivity index (χ0n) is 13.5. The predicted molar refractivity (Wildman–Crippen MR) is 93.9 cm³/mol. The van der Waals surface area contributed by atoms with Crippen molar-refractivity contribution in [3.8, 4) is 5.75 Å². The van der Waals surface area contributed by atoms with Crippen molar-refractivity contribution in [2.45, 2.75) is 13.0 Å². The van der Waals surface area contributed by atoms with Crippen LogP contribution < -0.4 is 15.8 Å². The lowest BCUT2D eigenvalue weighted by atomic mass is 10.3. The molecule has 7 nitrogen and oxygen atoms in total. The van der Waals surface area contributed by atoms with Gasteiger partial charge in [-0.05, 0) is 36.6 Å². The van der Waals surface area contributed by atoms with Gasteiger partial charge in [-0.15, -0.1) is 11.3 Å². The quantitative estimate of drug-likeness (QED) is 0.694. The molecule has 3 N–H and O–H groups in total. The number of primary amides is 1.